The summed E-state index contributed by atoms with van der Waals surface area (Å²) in [5.41, 5.74) is -0.0166. The Balaban J connectivity index is 2.08. The van der Waals surface area contributed by atoms with E-state index < -0.39 is 17.2 Å². The maximum Gasteiger partial charge on any atom is 0.314 e. The molecule has 1 fully saturated rings. The first-order valence-electron chi connectivity index (χ1n) is 7.30. The highest BCUT2D eigenvalue weighted by Crippen LogP contribution is 2.49. The zero-order valence-electron chi connectivity index (χ0n) is 12.2. The number of carboxylic acids is 1. The zero-order chi connectivity index (χ0) is 15.3. The van der Waals surface area contributed by atoms with Crippen molar-refractivity contribution in [3.63, 3.8) is 0 Å². The summed E-state index contributed by atoms with van der Waals surface area (Å²) in [4.78, 5) is 12.0. The third kappa shape index (κ3) is 2.41. The lowest BCUT2D eigenvalue weighted by Gasteiger charge is -2.34. The van der Waals surface area contributed by atoms with Gasteiger partial charge in [-0.3, -0.25) is 4.79 Å². The Labute approximate surface area is 132 Å². The number of hydrogen-bond acceptors (Lipinski definition) is 3. The minimum atomic E-state index is -0.817. The number of rotatable bonds is 2. The molecule has 0 amide bonds. The second-order valence-electron chi connectivity index (χ2n) is 6.33. The summed E-state index contributed by atoms with van der Waals surface area (Å²) < 4.78 is 12.3. The van der Waals surface area contributed by atoms with Crippen LogP contribution in [0.4, 0.5) is 0 Å². The summed E-state index contributed by atoms with van der Waals surface area (Å²) in [6.07, 6.45) is 4.33. The van der Waals surface area contributed by atoms with E-state index in [0.717, 1.165) is 29.3 Å². The molecule has 1 aliphatic heterocycles. The number of benzene rings is 1. The van der Waals surface area contributed by atoms with Gasteiger partial charge in [0.25, 0.3) is 0 Å². The molecule has 5 heteroatoms. The van der Waals surface area contributed by atoms with E-state index in [1.165, 1.54) is 0 Å². The number of hydrogen-bond donors (Lipinski definition) is 1. The summed E-state index contributed by atoms with van der Waals surface area (Å²) in [6.45, 7) is 3.68. The molecule has 114 valence electrons. The van der Waals surface area contributed by atoms with Gasteiger partial charge in [0.05, 0.1) is 5.41 Å². The highest BCUT2D eigenvalue weighted by molar-refractivity contribution is 9.10. The zero-order valence-corrected chi connectivity index (χ0v) is 13.8. The van der Waals surface area contributed by atoms with Crippen LogP contribution in [0.3, 0.4) is 0 Å². The molecule has 21 heavy (non-hydrogen) atoms. The van der Waals surface area contributed by atoms with Crippen molar-refractivity contribution in [1.82, 2.24) is 0 Å². The van der Waals surface area contributed by atoms with E-state index >= 15 is 0 Å². The van der Waals surface area contributed by atoms with Gasteiger partial charge in [-0.2, -0.15) is 0 Å². The lowest BCUT2D eigenvalue weighted by molar-refractivity contribution is -0.145. The molecule has 0 bridgehead atoms. The summed E-state index contributed by atoms with van der Waals surface area (Å²) in [6, 6.07) is 3.67. The number of aliphatic carboxylic acids is 1. The van der Waals surface area contributed by atoms with Crippen molar-refractivity contribution < 1.29 is 19.4 Å². The number of ether oxygens (including phenoxy) is 2. The van der Waals surface area contributed by atoms with E-state index in [2.05, 4.69) is 15.9 Å². The van der Waals surface area contributed by atoms with Crippen LogP contribution < -0.4 is 9.47 Å². The van der Waals surface area contributed by atoms with Crippen molar-refractivity contribution in [2.75, 3.05) is 0 Å². The van der Waals surface area contributed by atoms with Crippen LogP contribution in [0.5, 0.6) is 11.5 Å². The van der Waals surface area contributed by atoms with Crippen molar-refractivity contribution in [3.05, 3.63) is 22.2 Å². The van der Waals surface area contributed by atoms with Crippen LogP contribution in [0, 0.1) is 0 Å². The van der Waals surface area contributed by atoms with Gasteiger partial charge in [0.1, 0.15) is 0 Å². The maximum atomic E-state index is 12.0. The Bertz CT molecular complexity index is 588. The highest BCUT2D eigenvalue weighted by Gasteiger charge is 2.44. The molecule has 0 unspecified atom stereocenters. The minimum Gasteiger partial charge on any atom is -0.481 e. The Morgan fingerprint density at radius 1 is 1.14 bits per heavy atom. The molecule has 0 atom stereocenters. The monoisotopic (exact) mass is 354 g/mol. The minimum absolute atomic E-state index is 0.629. The van der Waals surface area contributed by atoms with Gasteiger partial charge in [-0.1, -0.05) is 35.2 Å². The fourth-order valence-corrected chi connectivity index (χ4v) is 4.07. The largest absolute Gasteiger partial charge is 0.481 e. The smallest absolute Gasteiger partial charge is 0.314 e. The molecule has 0 radical (unpaired) electrons. The van der Waals surface area contributed by atoms with E-state index in [0.29, 0.717) is 24.3 Å². The second kappa shape index (κ2) is 4.90. The Hall–Kier alpha value is -1.23. The summed E-state index contributed by atoms with van der Waals surface area (Å²) in [5, 5.41) is 9.82. The van der Waals surface area contributed by atoms with Crippen LogP contribution in [-0.4, -0.2) is 16.9 Å². The number of fused-ring (bicyclic) bond motifs is 1. The van der Waals surface area contributed by atoms with Crippen molar-refractivity contribution in [1.29, 1.82) is 0 Å². The van der Waals surface area contributed by atoms with Crippen molar-refractivity contribution in [2.24, 2.45) is 0 Å². The van der Waals surface area contributed by atoms with Crippen molar-refractivity contribution in [3.8, 4) is 11.5 Å². The number of carboxylic acid groups (broad SMARTS) is 1. The summed E-state index contributed by atoms with van der Waals surface area (Å²) >= 11 is 3.53. The molecular weight excluding hydrogens is 336 g/mol. The molecule has 1 aromatic carbocycles. The van der Waals surface area contributed by atoms with Gasteiger partial charge >= 0.3 is 5.97 Å². The quantitative estimate of drug-likeness (QED) is 0.862. The number of halogens is 1. The first-order chi connectivity index (χ1) is 9.84. The fraction of sp³-hybridized carbons (Fsp3) is 0.562. The SMILES string of the molecule is CC1(C)Oc2cc(Br)c(C3(C(=O)O)CCCCC3)cc2O1. The predicted octanol–water partition coefficient (Wildman–Crippen LogP) is 4.24. The molecule has 1 saturated carbocycles. The number of carbonyl (C=O) groups is 1. The molecule has 1 aromatic rings. The van der Waals surface area contributed by atoms with Gasteiger partial charge in [0, 0.05) is 18.3 Å². The van der Waals surface area contributed by atoms with Crippen LogP contribution >= 0.6 is 15.9 Å². The van der Waals surface area contributed by atoms with Crippen LogP contribution in [-0.2, 0) is 10.2 Å². The summed E-state index contributed by atoms with van der Waals surface area (Å²) in [5.74, 6) is -0.166. The predicted molar refractivity (Wildman–Crippen MR) is 81.9 cm³/mol. The van der Waals surface area contributed by atoms with E-state index in [9.17, 15) is 9.90 Å². The lowest BCUT2D eigenvalue weighted by Crippen LogP contribution is -2.38. The van der Waals surface area contributed by atoms with Gasteiger partial charge in [-0.05, 0) is 30.5 Å². The molecular formula is C16H19BrO4. The van der Waals surface area contributed by atoms with Gasteiger partial charge in [-0.15, -0.1) is 0 Å². The average Bonchev–Trinajstić information content (AvgIpc) is 2.71. The van der Waals surface area contributed by atoms with E-state index in [1.807, 2.05) is 26.0 Å². The Morgan fingerprint density at radius 2 is 1.71 bits per heavy atom. The first kappa shape index (κ1) is 14.7. The molecule has 1 heterocycles. The molecule has 0 aromatic heterocycles. The van der Waals surface area contributed by atoms with Crippen LogP contribution in [0.2, 0.25) is 0 Å². The molecule has 1 aliphatic carbocycles. The van der Waals surface area contributed by atoms with Crippen molar-refractivity contribution in [2.45, 2.75) is 57.2 Å². The standard InChI is InChI=1S/C16H19BrO4/c1-15(2)20-12-8-10(11(17)9-13(12)21-15)16(14(18)19)6-4-3-5-7-16/h8-9H,3-7H2,1-2H3,(H,18,19). The molecule has 0 spiro atoms. The van der Waals surface area contributed by atoms with Gasteiger partial charge < -0.3 is 14.6 Å². The normalized spacial score (nSPS) is 22.0. The molecule has 0 saturated heterocycles. The third-order valence-electron chi connectivity index (χ3n) is 4.38. The Morgan fingerprint density at radius 3 is 2.29 bits per heavy atom. The van der Waals surface area contributed by atoms with Crippen LogP contribution in [0.15, 0.2) is 16.6 Å². The topological polar surface area (TPSA) is 55.8 Å². The molecule has 1 N–H and O–H groups in total. The summed E-state index contributed by atoms with van der Waals surface area (Å²) in [7, 11) is 0. The van der Waals surface area contributed by atoms with Crippen LogP contribution in [0.1, 0.15) is 51.5 Å². The first-order valence-corrected chi connectivity index (χ1v) is 8.09. The van der Waals surface area contributed by atoms with E-state index in [-0.39, 0.29) is 0 Å². The molecule has 3 rings (SSSR count). The second-order valence-corrected chi connectivity index (χ2v) is 7.18. The molecule has 4 nitrogen and oxygen atoms in total. The van der Waals surface area contributed by atoms with Crippen LogP contribution in [0.25, 0.3) is 0 Å². The lowest BCUT2D eigenvalue weighted by atomic mass is 9.69. The van der Waals surface area contributed by atoms with E-state index in [4.69, 9.17) is 9.47 Å². The third-order valence-corrected chi connectivity index (χ3v) is 5.03. The molecule has 2 aliphatic rings. The van der Waals surface area contributed by atoms with Gasteiger partial charge in [-0.25, -0.2) is 0 Å². The fourth-order valence-electron chi connectivity index (χ4n) is 3.37. The van der Waals surface area contributed by atoms with Gasteiger partial charge in [0.2, 0.25) is 5.79 Å². The average molecular weight is 355 g/mol. The van der Waals surface area contributed by atoms with Gasteiger partial charge in [0.15, 0.2) is 11.5 Å². The van der Waals surface area contributed by atoms with E-state index in [1.54, 1.807) is 0 Å². The highest BCUT2D eigenvalue weighted by atomic mass is 79.9. The maximum absolute atomic E-state index is 12.0. The van der Waals surface area contributed by atoms with Crippen molar-refractivity contribution >= 4 is 21.9 Å². The Kier molecular flexibility index (Phi) is 3.43.